The van der Waals surface area contributed by atoms with E-state index < -0.39 is 0 Å². The molecule has 1 aromatic carbocycles. The van der Waals surface area contributed by atoms with Gasteiger partial charge in [-0.2, -0.15) is 0 Å². The highest BCUT2D eigenvalue weighted by atomic mass is 16.2. The SMILES string of the molecule is CC(C)CC(=O)N1CC=C(c2ccccc2)CC1. The lowest BCUT2D eigenvalue weighted by Gasteiger charge is -2.27. The fourth-order valence-corrected chi connectivity index (χ4v) is 2.29. The van der Waals surface area contributed by atoms with Gasteiger partial charge in [0.1, 0.15) is 0 Å². The summed E-state index contributed by atoms with van der Waals surface area (Å²) in [6, 6.07) is 10.4. The molecule has 2 heteroatoms. The van der Waals surface area contributed by atoms with Crippen molar-refractivity contribution in [1.82, 2.24) is 4.90 Å². The number of carbonyl (C=O) groups excluding carboxylic acids is 1. The summed E-state index contributed by atoms with van der Waals surface area (Å²) in [4.78, 5) is 13.9. The smallest absolute Gasteiger partial charge is 0.223 e. The Labute approximate surface area is 109 Å². The van der Waals surface area contributed by atoms with Crippen LogP contribution in [0.5, 0.6) is 0 Å². The molecule has 0 unspecified atom stereocenters. The van der Waals surface area contributed by atoms with Gasteiger partial charge in [0.15, 0.2) is 0 Å². The lowest BCUT2D eigenvalue weighted by molar-refractivity contribution is -0.131. The first kappa shape index (κ1) is 12.9. The third-order valence-electron chi connectivity index (χ3n) is 3.29. The highest BCUT2D eigenvalue weighted by Gasteiger charge is 2.18. The molecular formula is C16H21NO. The summed E-state index contributed by atoms with van der Waals surface area (Å²) < 4.78 is 0. The van der Waals surface area contributed by atoms with Gasteiger partial charge >= 0.3 is 0 Å². The quantitative estimate of drug-likeness (QED) is 0.797. The zero-order valence-corrected chi connectivity index (χ0v) is 11.2. The largest absolute Gasteiger partial charge is 0.339 e. The van der Waals surface area contributed by atoms with Gasteiger partial charge in [-0.3, -0.25) is 4.79 Å². The summed E-state index contributed by atoms with van der Waals surface area (Å²) in [5.74, 6) is 0.727. The predicted octanol–water partition coefficient (Wildman–Crippen LogP) is 3.35. The van der Waals surface area contributed by atoms with E-state index in [-0.39, 0.29) is 5.91 Å². The fraction of sp³-hybridized carbons (Fsp3) is 0.438. The molecule has 1 aliphatic rings. The van der Waals surface area contributed by atoms with Crippen molar-refractivity contribution in [3.05, 3.63) is 42.0 Å². The minimum Gasteiger partial charge on any atom is -0.339 e. The maximum absolute atomic E-state index is 11.9. The Morgan fingerprint density at radius 2 is 2.00 bits per heavy atom. The number of hydrogen-bond donors (Lipinski definition) is 0. The lowest BCUT2D eigenvalue weighted by Crippen LogP contribution is -2.35. The summed E-state index contributed by atoms with van der Waals surface area (Å²) in [5.41, 5.74) is 2.65. The van der Waals surface area contributed by atoms with Crippen molar-refractivity contribution in [2.75, 3.05) is 13.1 Å². The van der Waals surface area contributed by atoms with Gasteiger partial charge < -0.3 is 4.90 Å². The van der Waals surface area contributed by atoms with Crippen LogP contribution in [0.15, 0.2) is 36.4 Å². The van der Waals surface area contributed by atoms with Crippen LogP contribution in [-0.4, -0.2) is 23.9 Å². The first-order valence-corrected chi connectivity index (χ1v) is 6.69. The number of carbonyl (C=O) groups is 1. The maximum atomic E-state index is 11.9. The number of amides is 1. The van der Waals surface area contributed by atoms with E-state index in [0.29, 0.717) is 12.3 Å². The number of nitrogens with zero attached hydrogens (tertiary/aromatic N) is 1. The highest BCUT2D eigenvalue weighted by Crippen LogP contribution is 2.22. The maximum Gasteiger partial charge on any atom is 0.223 e. The van der Waals surface area contributed by atoms with E-state index in [1.807, 2.05) is 11.0 Å². The summed E-state index contributed by atoms with van der Waals surface area (Å²) >= 11 is 0. The zero-order chi connectivity index (χ0) is 13.0. The molecule has 96 valence electrons. The van der Waals surface area contributed by atoms with Gasteiger partial charge in [0, 0.05) is 19.5 Å². The minimum atomic E-state index is 0.286. The molecule has 0 saturated heterocycles. The Morgan fingerprint density at radius 1 is 1.28 bits per heavy atom. The summed E-state index contributed by atoms with van der Waals surface area (Å²) in [7, 11) is 0. The Bertz CT molecular complexity index is 434. The molecule has 1 aromatic rings. The van der Waals surface area contributed by atoms with E-state index in [1.165, 1.54) is 11.1 Å². The van der Waals surface area contributed by atoms with Gasteiger partial charge in [0.2, 0.25) is 5.91 Å². The van der Waals surface area contributed by atoms with Crippen LogP contribution in [0.1, 0.15) is 32.3 Å². The Hall–Kier alpha value is -1.57. The molecule has 0 aromatic heterocycles. The first-order chi connectivity index (χ1) is 8.66. The molecule has 2 nitrogen and oxygen atoms in total. The monoisotopic (exact) mass is 243 g/mol. The van der Waals surface area contributed by atoms with Crippen molar-refractivity contribution in [3.63, 3.8) is 0 Å². The third-order valence-corrected chi connectivity index (χ3v) is 3.29. The number of benzene rings is 1. The molecule has 0 spiro atoms. The Balaban J connectivity index is 1.98. The van der Waals surface area contributed by atoms with E-state index in [1.54, 1.807) is 0 Å². The van der Waals surface area contributed by atoms with Crippen molar-refractivity contribution in [2.24, 2.45) is 5.92 Å². The molecule has 0 fully saturated rings. The lowest BCUT2D eigenvalue weighted by atomic mass is 9.99. The molecule has 1 amide bonds. The Kier molecular flexibility index (Phi) is 4.19. The normalized spacial score (nSPS) is 15.7. The van der Waals surface area contributed by atoms with Crippen molar-refractivity contribution in [1.29, 1.82) is 0 Å². The van der Waals surface area contributed by atoms with Crippen molar-refractivity contribution < 1.29 is 4.79 Å². The van der Waals surface area contributed by atoms with Crippen LogP contribution in [0.3, 0.4) is 0 Å². The molecule has 1 aliphatic heterocycles. The summed E-state index contributed by atoms with van der Waals surface area (Å²) in [5, 5.41) is 0. The number of hydrogen-bond acceptors (Lipinski definition) is 1. The molecule has 0 atom stereocenters. The van der Waals surface area contributed by atoms with Gasteiger partial charge in [0.25, 0.3) is 0 Å². The van der Waals surface area contributed by atoms with Crippen LogP contribution in [0.25, 0.3) is 5.57 Å². The van der Waals surface area contributed by atoms with Gasteiger partial charge in [0.05, 0.1) is 0 Å². The van der Waals surface area contributed by atoms with Crippen LogP contribution in [0.2, 0.25) is 0 Å². The van der Waals surface area contributed by atoms with Crippen LogP contribution in [-0.2, 0) is 4.79 Å². The molecule has 1 heterocycles. The van der Waals surface area contributed by atoms with Crippen LogP contribution < -0.4 is 0 Å². The van der Waals surface area contributed by atoms with E-state index in [2.05, 4.69) is 44.2 Å². The molecule has 0 aliphatic carbocycles. The second-order valence-corrected chi connectivity index (χ2v) is 5.28. The summed E-state index contributed by atoms with van der Waals surface area (Å²) in [6.07, 6.45) is 3.82. The van der Waals surface area contributed by atoms with E-state index in [9.17, 15) is 4.79 Å². The van der Waals surface area contributed by atoms with Gasteiger partial charge in [-0.25, -0.2) is 0 Å². The van der Waals surface area contributed by atoms with Crippen LogP contribution in [0.4, 0.5) is 0 Å². The molecular weight excluding hydrogens is 222 g/mol. The highest BCUT2D eigenvalue weighted by molar-refractivity contribution is 5.78. The molecule has 0 saturated carbocycles. The third kappa shape index (κ3) is 3.22. The Morgan fingerprint density at radius 3 is 2.56 bits per heavy atom. The van der Waals surface area contributed by atoms with Gasteiger partial charge in [-0.1, -0.05) is 50.3 Å². The standard InChI is InChI=1S/C16H21NO/c1-13(2)12-16(18)17-10-8-15(9-11-17)14-6-4-3-5-7-14/h3-8,13H,9-12H2,1-2H3. The van der Waals surface area contributed by atoms with E-state index >= 15 is 0 Å². The predicted molar refractivity (Wildman–Crippen MR) is 75.1 cm³/mol. The summed E-state index contributed by atoms with van der Waals surface area (Å²) in [6.45, 7) is 5.79. The second kappa shape index (κ2) is 5.85. The second-order valence-electron chi connectivity index (χ2n) is 5.28. The minimum absolute atomic E-state index is 0.286. The van der Waals surface area contributed by atoms with Crippen LogP contribution in [0, 0.1) is 5.92 Å². The molecule has 18 heavy (non-hydrogen) atoms. The zero-order valence-electron chi connectivity index (χ0n) is 11.2. The molecule has 0 N–H and O–H groups in total. The molecule has 2 rings (SSSR count). The average Bonchev–Trinajstić information content (AvgIpc) is 2.39. The van der Waals surface area contributed by atoms with Crippen molar-refractivity contribution >= 4 is 11.5 Å². The fourth-order valence-electron chi connectivity index (χ4n) is 2.29. The van der Waals surface area contributed by atoms with Crippen molar-refractivity contribution in [3.8, 4) is 0 Å². The van der Waals surface area contributed by atoms with Crippen molar-refractivity contribution in [2.45, 2.75) is 26.7 Å². The molecule has 0 bridgehead atoms. The van der Waals surface area contributed by atoms with E-state index in [0.717, 1.165) is 19.5 Å². The number of rotatable bonds is 3. The van der Waals surface area contributed by atoms with Gasteiger partial charge in [-0.05, 0) is 23.5 Å². The van der Waals surface area contributed by atoms with E-state index in [4.69, 9.17) is 0 Å². The first-order valence-electron chi connectivity index (χ1n) is 6.69. The van der Waals surface area contributed by atoms with Gasteiger partial charge in [-0.15, -0.1) is 0 Å². The molecule has 0 radical (unpaired) electrons. The van der Waals surface area contributed by atoms with Crippen LogP contribution >= 0.6 is 0 Å². The average molecular weight is 243 g/mol. The topological polar surface area (TPSA) is 20.3 Å².